The van der Waals surface area contributed by atoms with Crippen LogP contribution in [-0.2, 0) is 4.79 Å². The zero-order valence-corrected chi connectivity index (χ0v) is 19.5. The first-order chi connectivity index (χ1) is 15.5. The maximum Gasteiger partial charge on any atom is 0.279 e. The highest BCUT2D eigenvalue weighted by Gasteiger charge is 2.40. The second kappa shape index (κ2) is 9.25. The Morgan fingerprint density at radius 2 is 1.88 bits per heavy atom. The largest absolute Gasteiger partial charge is 0.492 e. The van der Waals surface area contributed by atoms with Crippen LogP contribution in [0.15, 0.2) is 42.5 Å². The zero-order chi connectivity index (χ0) is 22.1. The van der Waals surface area contributed by atoms with Crippen LogP contribution >= 0.6 is 22.9 Å². The molecule has 0 spiro atoms. The number of thiazole rings is 1. The summed E-state index contributed by atoms with van der Waals surface area (Å²) in [5.74, 6) is 1.61. The minimum absolute atomic E-state index is 0.0746. The SMILES string of the molecule is CC(=O)NC1C[C@H]2CC[C@@H](C1)N2CCOc1ccc(Oc2nc3cccc(Cl)c3s2)cc1. The lowest BCUT2D eigenvalue weighted by Crippen LogP contribution is -2.51. The molecule has 1 N–H and O–H groups in total. The van der Waals surface area contributed by atoms with Crippen LogP contribution in [0.2, 0.25) is 5.02 Å². The molecule has 168 valence electrons. The molecule has 2 bridgehead atoms. The normalized spacial score (nSPS) is 22.8. The molecule has 2 saturated heterocycles. The van der Waals surface area contributed by atoms with Crippen LogP contribution in [0.25, 0.3) is 10.2 Å². The van der Waals surface area contributed by atoms with E-state index in [1.165, 1.54) is 24.2 Å². The molecule has 1 aromatic heterocycles. The van der Waals surface area contributed by atoms with Gasteiger partial charge in [0.05, 0.1) is 15.2 Å². The molecule has 0 saturated carbocycles. The number of carbonyl (C=O) groups excluding carboxylic acids is 1. The molecule has 1 amide bonds. The molecule has 3 atom stereocenters. The van der Waals surface area contributed by atoms with Crippen molar-refractivity contribution in [2.24, 2.45) is 0 Å². The number of fused-ring (bicyclic) bond motifs is 3. The minimum Gasteiger partial charge on any atom is -0.492 e. The van der Waals surface area contributed by atoms with Crippen LogP contribution in [-0.4, -0.2) is 47.1 Å². The predicted molar refractivity (Wildman–Crippen MR) is 127 cm³/mol. The Bertz CT molecular complexity index is 1090. The average Bonchev–Trinajstić information content (AvgIpc) is 3.27. The van der Waals surface area contributed by atoms with E-state index in [1.54, 1.807) is 6.92 Å². The summed E-state index contributed by atoms with van der Waals surface area (Å²) < 4.78 is 12.8. The molecule has 32 heavy (non-hydrogen) atoms. The number of piperidine rings is 1. The van der Waals surface area contributed by atoms with E-state index in [4.69, 9.17) is 21.1 Å². The lowest BCUT2D eigenvalue weighted by Gasteiger charge is -2.39. The number of rotatable bonds is 7. The summed E-state index contributed by atoms with van der Waals surface area (Å²) in [6, 6.07) is 14.7. The van der Waals surface area contributed by atoms with Crippen molar-refractivity contribution in [1.29, 1.82) is 0 Å². The number of halogens is 1. The summed E-state index contributed by atoms with van der Waals surface area (Å²) in [5.41, 5.74) is 0.840. The number of benzene rings is 2. The van der Waals surface area contributed by atoms with Gasteiger partial charge in [-0.1, -0.05) is 29.0 Å². The van der Waals surface area contributed by atoms with Crippen LogP contribution in [0.5, 0.6) is 16.7 Å². The van der Waals surface area contributed by atoms with Crippen molar-refractivity contribution in [3.63, 3.8) is 0 Å². The molecule has 3 heterocycles. The number of aromatic nitrogens is 1. The molecule has 2 aliphatic rings. The van der Waals surface area contributed by atoms with Crippen LogP contribution in [0.1, 0.15) is 32.6 Å². The molecule has 0 aliphatic carbocycles. The second-order valence-corrected chi connectivity index (χ2v) is 9.85. The molecule has 5 rings (SSSR count). The number of ether oxygens (including phenoxy) is 2. The highest BCUT2D eigenvalue weighted by molar-refractivity contribution is 7.20. The van der Waals surface area contributed by atoms with Crippen LogP contribution in [0.4, 0.5) is 0 Å². The molecule has 6 nitrogen and oxygen atoms in total. The summed E-state index contributed by atoms with van der Waals surface area (Å²) in [5, 5.41) is 4.35. The fourth-order valence-electron chi connectivity index (χ4n) is 4.96. The highest BCUT2D eigenvalue weighted by atomic mass is 35.5. The van der Waals surface area contributed by atoms with E-state index >= 15 is 0 Å². The Hall–Kier alpha value is -2.35. The summed E-state index contributed by atoms with van der Waals surface area (Å²) >= 11 is 7.66. The third-order valence-electron chi connectivity index (χ3n) is 6.29. The molecule has 2 aliphatic heterocycles. The van der Waals surface area contributed by atoms with Gasteiger partial charge in [0.25, 0.3) is 5.19 Å². The summed E-state index contributed by atoms with van der Waals surface area (Å²) in [7, 11) is 0. The maximum atomic E-state index is 11.4. The topological polar surface area (TPSA) is 63.7 Å². The van der Waals surface area contributed by atoms with Crippen molar-refractivity contribution < 1.29 is 14.3 Å². The summed E-state index contributed by atoms with van der Waals surface area (Å²) in [6.45, 7) is 3.16. The predicted octanol–water partition coefficient (Wildman–Crippen LogP) is 5.25. The number of carbonyl (C=O) groups is 1. The van der Waals surface area contributed by atoms with Crippen LogP contribution in [0, 0.1) is 0 Å². The van der Waals surface area contributed by atoms with Crippen molar-refractivity contribution in [1.82, 2.24) is 15.2 Å². The molecular weight excluding hydrogens is 446 g/mol. The number of hydrogen-bond donors (Lipinski definition) is 1. The van der Waals surface area contributed by atoms with Gasteiger partial charge in [-0.25, -0.2) is 4.98 Å². The van der Waals surface area contributed by atoms with Crippen LogP contribution in [0.3, 0.4) is 0 Å². The second-order valence-electron chi connectivity index (χ2n) is 8.48. The summed E-state index contributed by atoms with van der Waals surface area (Å²) in [4.78, 5) is 18.4. The Morgan fingerprint density at radius 1 is 1.16 bits per heavy atom. The van der Waals surface area contributed by atoms with E-state index in [9.17, 15) is 4.79 Å². The molecule has 0 radical (unpaired) electrons. The van der Waals surface area contributed by atoms with Gasteiger partial charge in [0.15, 0.2) is 0 Å². The van der Waals surface area contributed by atoms with Crippen molar-refractivity contribution in [2.45, 2.75) is 50.7 Å². The van der Waals surface area contributed by atoms with Crippen molar-refractivity contribution in [3.8, 4) is 16.7 Å². The van der Waals surface area contributed by atoms with Gasteiger partial charge < -0.3 is 14.8 Å². The molecule has 1 unspecified atom stereocenters. The molecule has 3 aromatic rings. The number of hydrogen-bond acceptors (Lipinski definition) is 6. The lowest BCUT2D eigenvalue weighted by molar-refractivity contribution is -0.120. The van der Waals surface area contributed by atoms with E-state index in [2.05, 4.69) is 15.2 Å². The van der Waals surface area contributed by atoms with E-state index < -0.39 is 0 Å². The Kier molecular flexibility index (Phi) is 6.22. The smallest absolute Gasteiger partial charge is 0.279 e. The fourth-order valence-corrected chi connectivity index (χ4v) is 6.08. The van der Waals surface area contributed by atoms with Crippen molar-refractivity contribution >= 4 is 39.1 Å². The van der Waals surface area contributed by atoms with E-state index in [-0.39, 0.29) is 5.91 Å². The fraction of sp³-hybridized carbons (Fsp3) is 0.417. The van der Waals surface area contributed by atoms with E-state index in [1.807, 2.05) is 42.5 Å². The maximum absolute atomic E-state index is 11.4. The van der Waals surface area contributed by atoms with E-state index in [0.29, 0.717) is 40.7 Å². The van der Waals surface area contributed by atoms with Gasteiger partial charge in [-0.15, -0.1) is 0 Å². The average molecular weight is 472 g/mol. The van der Waals surface area contributed by atoms with Crippen molar-refractivity contribution in [3.05, 3.63) is 47.5 Å². The van der Waals surface area contributed by atoms with Gasteiger partial charge in [-0.3, -0.25) is 9.69 Å². The first-order valence-electron chi connectivity index (χ1n) is 11.0. The third-order valence-corrected chi connectivity index (χ3v) is 7.70. The van der Waals surface area contributed by atoms with Gasteiger partial charge in [-0.05, 0) is 62.1 Å². The standard InChI is InChI=1S/C24H26ClN3O3S/c1-15(29)26-16-13-17-5-6-18(14-16)28(17)11-12-30-19-7-9-20(10-8-19)31-24-27-22-4-2-3-21(25)23(22)32-24/h2-4,7-10,16-18H,5-6,11-14H2,1H3,(H,26,29)/t16?,17-,18+. The molecule has 8 heteroatoms. The number of nitrogens with zero attached hydrogens (tertiary/aromatic N) is 2. The molecular formula is C24H26ClN3O3S. The number of amides is 1. The van der Waals surface area contributed by atoms with Crippen molar-refractivity contribution in [2.75, 3.05) is 13.2 Å². The Balaban J connectivity index is 1.12. The first kappa shape index (κ1) is 21.5. The number of nitrogens with one attached hydrogen (secondary N) is 1. The third kappa shape index (κ3) is 4.70. The van der Waals surface area contributed by atoms with Gasteiger partial charge in [-0.2, -0.15) is 0 Å². The van der Waals surface area contributed by atoms with Gasteiger partial charge in [0, 0.05) is 31.6 Å². The summed E-state index contributed by atoms with van der Waals surface area (Å²) in [6.07, 6.45) is 4.51. The van der Waals surface area contributed by atoms with Gasteiger partial charge in [0.1, 0.15) is 18.1 Å². The lowest BCUT2D eigenvalue weighted by atomic mass is 9.97. The van der Waals surface area contributed by atoms with Gasteiger partial charge in [0.2, 0.25) is 5.91 Å². The highest BCUT2D eigenvalue weighted by Crippen LogP contribution is 2.36. The zero-order valence-electron chi connectivity index (χ0n) is 17.9. The van der Waals surface area contributed by atoms with Gasteiger partial charge >= 0.3 is 0 Å². The monoisotopic (exact) mass is 471 g/mol. The van der Waals surface area contributed by atoms with Crippen LogP contribution < -0.4 is 14.8 Å². The molecule has 2 fully saturated rings. The quantitative estimate of drug-likeness (QED) is 0.509. The first-order valence-corrected chi connectivity index (χ1v) is 12.2. The molecule has 2 aromatic carbocycles. The minimum atomic E-state index is 0.0746. The Labute approximate surface area is 196 Å². The van der Waals surface area contributed by atoms with E-state index in [0.717, 1.165) is 35.4 Å². The Morgan fingerprint density at radius 3 is 2.56 bits per heavy atom.